The second-order valence-electron chi connectivity index (χ2n) is 4.41. The van der Waals surface area contributed by atoms with Crippen molar-refractivity contribution in [3.63, 3.8) is 0 Å². The molecule has 1 N–H and O–H groups in total. The first-order valence-electron chi connectivity index (χ1n) is 6.20. The molecule has 0 fully saturated rings. The van der Waals surface area contributed by atoms with Gasteiger partial charge in [-0.15, -0.1) is 0 Å². The summed E-state index contributed by atoms with van der Waals surface area (Å²) in [6, 6.07) is 3.54. The minimum atomic E-state index is -0.456. The fraction of sp³-hybridized carbons (Fsp3) is 0.538. The minimum Gasteiger partial charge on any atom is -0.382 e. The predicted octanol–water partition coefficient (Wildman–Crippen LogP) is 4.55. The summed E-state index contributed by atoms with van der Waals surface area (Å²) in [5, 5.41) is 14.3. The average Bonchev–Trinajstić information content (AvgIpc) is 2.32. The topological polar surface area (TPSA) is 55.2 Å². The van der Waals surface area contributed by atoms with Crippen molar-refractivity contribution in [2.75, 3.05) is 5.32 Å². The fourth-order valence-corrected chi connectivity index (χ4v) is 2.14. The Morgan fingerprint density at radius 1 is 1.44 bits per heavy atom. The maximum absolute atomic E-state index is 10.8. The largest absolute Gasteiger partial charge is 0.382 e. The zero-order valence-electron chi connectivity index (χ0n) is 11.0. The maximum atomic E-state index is 10.8. The van der Waals surface area contributed by atoms with Gasteiger partial charge in [0.2, 0.25) is 0 Å². The molecule has 0 aliphatic carbocycles. The number of aryl methyl sites for hydroxylation is 1. The SMILES string of the molecule is CCCC(CC)Nc1cc(Cl)c([N+](=O)[O-])cc1C. The highest BCUT2D eigenvalue weighted by atomic mass is 35.5. The minimum absolute atomic E-state index is 0.0387. The Morgan fingerprint density at radius 3 is 2.61 bits per heavy atom. The van der Waals surface area contributed by atoms with Crippen LogP contribution < -0.4 is 5.32 Å². The van der Waals surface area contributed by atoms with Crippen LogP contribution >= 0.6 is 11.6 Å². The highest BCUT2D eigenvalue weighted by Crippen LogP contribution is 2.31. The van der Waals surface area contributed by atoms with Gasteiger partial charge >= 0.3 is 0 Å². The van der Waals surface area contributed by atoms with Gasteiger partial charge in [0.25, 0.3) is 5.69 Å². The predicted molar refractivity (Wildman–Crippen MR) is 75.5 cm³/mol. The number of nitrogens with one attached hydrogen (secondary N) is 1. The van der Waals surface area contributed by atoms with Gasteiger partial charge in [-0.25, -0.2) is 0 Å². The molecule has 100 valence electrons. The highest BCUT2D eigenvalue weighted by molar-refractivity contribution is 6.33. The van der Waals surface area contributed by atoms with Crippen molar-refractivity contribution in [2.45, 2.75) is 46.1 Å². The van der Waals surface area contributed by atoms with E-state index in [1.807, 2.05) is 6.92 Å². The van der Waals surface area contributed by atoms with Gasteiger partial charge in [-0.05, 0) is 31.4 Å². The quantitative estimate of drug-likeness (QED) is 0.609. The fourth-order valence-electron chi connectivity index (χ4n) is 1.91. The van der Waals surface area contributed by atoms with Crippen LogP contribution in [0.25, 0.3) is 0 Å². The second-order valence-corrected chi connectivity index (χ2v) is 4.82. The van der Waals surface area contributed by atoms with Gasteiger partial charge < -0.3 is 5.32 Å². The number of hydrogen-bond donors (Lipinski definition) is 1. The number of hydrogen-bond acceptors (Lipinski definition) is 3. The van der Waals surface area contributed by atoms with Gasteiger partial charge in [-0.2, -0.15) is 0 Å². The molecule has 0 saturated carbocycles. The lowest BCUT2D eigenvalue weighted by Crippen LogP contribution is -2.18. The number of nitro groups is 1. The molecule has 0 heterocycles. The van der Waals surface area contributed by atoms with Crippen LogP contribution in [-0.4, -0.2) is 11.0 Å². The van der Waals surface area contributed by atoms with Gasteiger partial charge in [0, 0.05) is 17.8 Å². The standard InChI is InChI=1S/C13H19ClN2O2/c1-4-6-10(5-2)15-12-8-11(14)13(16(17)18)7-9(12)3/h7-8,10,15H,4-6H2,1-3H3. The zero-order valence-corrected chi connectivity index (χ0v) is 11.8. The Hall–Kier alpha value is -1.29. The van der Waals surface area contributed by atoms with Crippen molar-refractivity contribution in [2.24, 2.45) is 0 Å². The lowest BCUT2D eigenvalue weighted by molar-refractivity contribution is -0.384. The molecule has 0 radical (unpaired) electrons. The molecule has 0 aromatic heterocycles. The lowest BCUT2D eigenvalue weighted by Gasteiger charge is -2.19. The number of anilines is 1. The summed E-state index contributed by atoms with van der Waals surface area (Å²) in [5.41, 5.74) is 1.69. The molecule has 1 aromatic rings. The first-order chi connectivity index (χ1) is 8.49. The normalized spacial score (nSPS) is 12.2. The molecule has 0 spiro atoms. The lowest BCUT2D eigenvalue weighted by atomic mass is 10.1. The number of halogens is 1. The van der Waals surface area contributed by atoms with E-state index in [0.717, 1.165) is 30.5 Å². The summed E-state index contributed by atoms with van der Waals surface area (Å²) in [4.78, 5) is 10.3. The number of rotatable bonds is 6. The van der Waals surface area contributed by atoms with Crippen LogP contribution in [0.4, 0.5) is 11.4 Å². The summed E-state index contributed by atoms with van der Waals surface area (Å²) >= 11 is 5.92. The molecular weight excluding hydrogens is 252 g/mol. The summed E-state index contributed by atoms with van der Waals surface area (Å²) in [6.45, 7) is 6.11. The van der Waals surface area contributed by atoms with Crippen molar-refractivity contribution in [1.29, 1.82) is 0 Å². The molecule has 5 heteroatoms. The number of nitro benzene ring substituents is 1. The number of benzene rings is 1. The smallest absolute Gasteiger partial charge is 0.288 e. The third-order valence-corrected chi connectivity index (χ3v) is 3.28. The third kappa shape index (κ3) is 3.60. The summed E-state index contributed by atoms with van der Waals surface area (Å²) < 4.78 is 0. The zero-order chi connectivity index (χ0) is 13.7. The van der Waals surface area contributed by atoms with Crippen molar-refractivity contribution >= 4 is 23.0 Å². The molecule has 0 saturated heterocycles. The Balaban J connectivity index is 2.97. The number of nitrogens with zero attached hydrogens (tertiary/aromatic N) is 1. The summed E-state index contributed by atoms with van der Waals surface area (Å²) in [7, 11) is 0. The molecular formula is C13H19ClN2O2. The van der Waals surface area contributed by atoms with Crippen LogP contribution in [0.2, 0.25) is 5.02 Å². The first kappa shape index (κ1) is 14.8. The van der Waals surface area contributed by atoms with Crippen LogP contribution in [0.1, 0.15) is 38.7 Å². The molecule has 1 unspecified atom stereocenters. The molecule has 0 aliphatic rings. The monoisotopic (exact) mass is 270 g/mol. The van der Waals surface area contributed by atoms with Gasteiger partial charge in [0.1, 0.15) is 5.02 Å². The molecule has 0 aliphatic heterocycles. The Kier molecular flexibility index (Phi) is 5.41. The summed E-state index contributed by atoms with van der Waals surface area (Å²) in [5.74, 6) is 0. The third-order valence-electron chi connectivity index (χ3n) is 2.98. The van der Waals surface area contributed by atoms with E-state index in [9.17, 15) is 10.1 Å². The second kappa shape index (κ2) is 6.59. The van der Waals surface area contributed by atoms with Gasteiger partial charge in [0.05, 0.1) is 4.92 Å². The van der Waals surface area contributed by atoms with Gasteiger partial charge in [-0.3, -0.25) is 10.1 Å². The van der Waals surface area contributed by atoms with Crippen LogP contribution in [0.5, 0.6) is 0 Å². The van der Waals surface area contributed by atoms with E-state index in [4.69, 9.17) is 11.6 Å². The summed E-state index contributed by atoms with van der Waals surface area (Å²) in [6.07, 6.45) is 3.19. The van der Waals surface area contributed by atoms with Gasteiger partial charge in [-0.1, -0.05) is 31.9 Å². The molecule has 0 amide bonds. The Labute approximate surface area is 112 Å². The van der Waals surface area contributed by atoms with E-state index in [2.05, 4.69) is 19.2 Å². The molecule has 18 heavy (non-hydrogen) atoms. The Morgan fingerprint density at radius 2 is 2.11 bits per heavy atom. The van der Waals surface area contributed by atoms with Crippen molar-refractivity contribution in [1.82, 2.24) is 0 Å². The van der Waals surface area contributed by atoms with E-state index < -0.39 is 4.92 Å². The maximum Gasteiger partial charge on any atom is 0.288 e. The van der Waals surface area contributed by atoms with E-state index >= 15 is 0 Å². The average molecular weight is 271 g/mol. The first-order valence-corrected chi connectivity index (χ1v) is 6.58. The van der Waals surface area contributed by atoms with Crippen LogP contribution in [0, 0.1) is 17.0 Å². The molecule has 4 nitrogen and oxygen atoms in total. The molecule has 1 aromatic carbocycles. The molecule has 0 bridgehead atoms. The van der Waals surface area contributed by atoms with Crippen molar-refractivity contribution < 1.29 is 4.92 Å². The molecule has 1 rings (SSSR count). The van der Waals surface area contributed by atoms with Crippen LogP contribution in [0.3, 0.4) is 0 Å². The van der Waals surface area contributed by atoms with Crippen molar-refractivity contribution in [3.05, 3.63) is 32.8 Å². The van der Waals surface area contributed by atoms with E-state index in [-0.39, 0.29) is 10.7 Å². The highest BCUT2D eigenvalue weighted by Gasteiger charge is 2.16. The van der Waals surface area contributed by atoms with E-state index in [1.165, 1.54) is 6.07 Å². The van der Waals surface area contributed by atoms with E-state index in [1.54, 1.807) is 6.07 Å². The van der Waals surface area contributed by atoms with Crippen LogP contribution in [0.15, 0.2) is 12.1 Å². The van der Waals surface area contributed by atoms with Gasteiger partial charge in [0.15, 0.2) is 0 Å². The van der Waals surface area contributed by atoms with Crippen LogP contribution in [-0.2, 0) is 0 Å². The Bertz CT molecular complexity index is 435. The van der Waals surface area contributed by atoms with Crippen molar-refractivity contribution in [3.8, 4) is 0 Å². The van der Waals surface area contributed by atoms with E-state index in [0.29, 0.717) is 6.04 Å². The molecule has 1 atom stereocenters.